The van der Waals surface area contributed by atoms with E-state index >= 15 is 0 Å². The Morgan fingerprint density at radius 3 is 2.70 bits per heavy atom. The predicted octanol–water partition coefficient (Wildman–Crippen LogP) is 2.46. The van der Waals surface area contributed by atoms with Crippen molar-refractivity contribution in [2.75, 3.05) is 6.54 Å². The van der Waals surface area contributed by atoms with E-state index in [1.54, 1.807) is 0 Å². The maximum atomic E-state index is 12.3. The number of carbonyl (C=O) groups is 1. The van der Waals surface area contributed by atoms with Gasteiger partial charge in [0.25, 0.3) is 5.91 Å². The molecule has 0 radical (unpaired) electrons. The van der Waals surface area contributed by atoms with Gasteiger partial charge in [-0.2, -0.15) is 0 Å². The minimum atomic E-state index is -0.661. The molecule has 0 aromatic rings. The number of amides is 1. The minimum absolute atomic E-state index is 0.0358. The highest BCUT2D eigenvalue weighted by Gasteiger charge is 2.51. The molecule has 2 aliphatic rings. The summed E-state index contributed by atoms with van der Waals surface area (Å²) >= 11 is 0. The molecule has 1 saturated carbocycles. The largest absolute Gasteiger partial charge is 0.392 e. The molecule has 6 atom stereocenters. The van der Waals surface area contributed by atoms with Gasteiger partial charge in [-0.15, -0.1) is 6.58 Å². The molecule has 0 aromatic heterocycles. The van der Waals surface area contributed by atoms with Crippen LogP contribution in [0.4, 0.5) is 0 Å². The number of hydroxylamine groups is 2. The Morgan fingerprint density at radius 2 is 2.10 bits per heavy atom. The van der Waals surface area contributed by atoms with E-state index in [0.29, 0.717) is 18.3 Å². The van der Waals surface area contributed by atoms with Crippen molar-refractivity contribution in [2.24, 2.45) is 29.1 Å². The van der Waals surface area contributed by atoms with Gasteiger partial charge in [-0.05, 0) is 42.4 Å². The van der Waals surface area contributed by atoms with Crippen molar-refractivity contribution in [3.05, 3.63) is 12.7 Å². The van der Waals surface area contributed by atoms with E-state index in [0.717, 1.165) is 17.9 Å². The standard InChI is InChI=1S/C16H27NO3/c1-5-16(4)9-10(2)8-11(3)14(16)13-12(18)6-7-17(20)15(13)19/h5,10-14,18,20H,1,6-9H2,2-4H3/t10-,11+,12?,13?,14+,16-/m1/s1. The lowest BCUT2D eigenvalue weighted by Gasteiger charge is -2.51. The van der Waals surface area contributed by atoms with Crippen LogP contribution in [-0.2, 0) is 4.79 Å². The van der Waals surface area contributed by atoms with Gasteiger partial charge in [0.1, 0.15) is 0 Å². The van der Waals surface area contributed by atoms with E-state index in [-0.39, 0.29) is 23.8 Å². The molecule has 2 N–H and O–H groups in total. The fourth-order valence-electron chi connectivity index (χ4n) is 4.66. The summed E-state index contributed by atoms with van der Waals surface area (Å²) in [6.07, 6.45) is 3.76. The molecule has 1 amide bonds. The number of aliphatic hydroxyl groups excluding tert-OH is 1. The highest BCUT2D eigenvalue weighted by Crippen LogP contribution is 2.52. The van der Waals surface area contributed by atoms with Crippen LogP contribution in [-0.4, -0.2) is 33.9 Å². The van der Waals surface area contributed by atoms with Crippen LogP contribution in [0.2, 0.25) is 0 Å². The van der Waals surface area contributed by atoms with Gasteiger partial charge in [0.05, 0.1) is 18.6 Å². The average molecular weight is 281 g/mol. The minimum Gasteiger partial charge on any atom is -0.392 e. The first-order valence-electron chi connectivity index (χ1n) is 7.62. The molecular weight excluding hydrogens is 254 g/mol. The van der Waals surface area contributed by atoms with Gasteiger partial charge < -0.3 is 5.11 Å². The van der Waals surface area contributed by atoms with Crippen LogP contribution in [0.5, 0.6) is 0 Å². The van der Waals surface area contributed by atoms with Crippen molar-refractivity contribution in [1.82, 2.24) is 5.06 Å². The molecule has 20 heavy (non-hydrogen) atoms. The van der Waals surface area contributed by atoms with Crippen molar-refractivity contribution < 1.29 is 15.1 Å². The van der Waals surface area contributed by atoms with Crippen molar-refractivity contribution in [2.45, 2.75) is 46.1 Å². The van der Waals surface area contributed by atoms with Crippen LogP contribution in [0, 0.1) is 29.1 Å². The Balaban J connectivity index is 2.36. The van der Waals surface area contributed by atoms with E-state index in [4.69, 9.17) is 0 Å². The van der Waals surface area contributed by atoms with Crippen LogP contribution < -0.4 is 0 Å². The summed E-state index contributed by atoms with van der Waals surface area (Å²) in [5, 5.41) is 20.8. The first kappa shape index (κ1) is 15.5. The third-order valence-corrected chi connectivity index (χ3v) is 5.38. The third kappa shape index (κ3) is 2.51. The SMILES string of the molecule is C=C[C@]1(C)C[C@H](C)C[C@H](C)[C@H]1C1C(=O)N(O)CCC1O. The lowest BCUT2D eigenvalue weighted by atomic mass is 9.55. The molecule has 1 saturated heterocycles. The van der Waals surface area contributed by atoms with Crippen LogP contribution in [0.1, 0.15) is 40.0 Å². The zero-order chi connectivity index (χ0) is 15.1. The zero-order valence-electron chi connectivity index (χ0n) is 12.7. The smallest absolute Gasteiger partial charge is 0.251 e. The first-order valence-corrected chi connectivity index (χ1v) is 7.62. The molecule has 4 heteroatoms. The number of rotatable bonds is 2. The number of hydrogen-bond donors (Lipinski definition) is 2. The number of carbonyl (C=O) groups excluding carboxylic acids is 1. The number of hydrogen-bond acceptors (Lipinski definition) is 3. The van der Waals surface area contributed by atoms with Crippen LogP contribution in [0.3, 0.4) is 0 Å². The summed E-state index contributed by atoms with van der Waals surface area (Å²) < 4.78 is 0. The van der Waals surface area contributed by atoms with Gasteiger partial charge in [-0.1, -0.05) is 26.8 Å². The number of piperidine rings is 1. The molecular formula is C16H27NO3. The topological polar surface area (TPSA) is 60.8 Å². The molecule has 4 nitrogen and oxygen atoms in total. The van der Waals surface area contributed by atoms with E-state index < -0.39 is 12.0 Å². The molecule has 0 bridgehead atoms. The highest BCUT2D eigenvalue weighted by molar-refractivity contribution is 5.79. The number of allylic oxidation sites excluding steroid dienone is 1. The van der Waals surface area contributed by atoms with E-state index in [1.807, 2.05) is 6.08 Å². The normalized spacial score (nSPS) is 46.4. The van der Waals surface area contributed by atoms with Gasteiger partial charge in [-0.3, -0.25) is 10.0 Å². The Morgan fingerprint density at radius 1 is 1.45 bits per heavy atom. The number of aliphatic hydroxyl groups is 1. The summed E-state index contributed by atoms with van der Waals surface area (Å²) in [6.45, 7) is 10.7. The van der Waals surface area contributed by atoms with E-state index in [2.05, 4.69) is 27.4 Å². The zero-order valence-corrected chi connectivity index (χ0v) is 12.7. The maximum Gasteiger partial charge on any atom is 0.251 e. The van der Waals surface area contributed by atoms with Gasteiger partial charge >= 0.3 is 0 Å². The summed E-state index contributed by atoms with van der Waals surface area (Å²) in [7, 11) is 0. The second kappa shape index (κ2) is 5.49. The van der Waals surface area contributed by atoms with Crippen LogP contribution in [0.15, 0.2) is 12.7 Å². The predicted molar refractivity (Wildman–Crippen MR) is 77.0 cm³/mol. The summed E-state index contributed by atoms with van der Waals surface area (Å²) in [5.74, 6) is 0.110. The van der Waals surface area contributed by atoms with Crippen molar-refractivity contribution in [1.29, 1.82) is 0 Å². The Bertz CT molecular complexity index is 397. The quantitative estimate of drug-likeness (QED) is 0.604. The van der Waals surface area contributed by atoms with E-state index in [9.17, 15) is 15.1 Å². The lowest BCUT2D eigenvalue weighted by molar-refractivity contribution is -0.194. The molecule has 2 fully saturated rings. The second-order valence-electron chi connectivity index (χ2n) is 7.10. The van der Waals surface area contributed by atoms with Gasteiger partial charge in [0.2, 0.25) is 0 Å². The van der Waals surface area contributed by atoms with Crippen molar-refractivity contribution >= 4 is 5.91 Å². The summed E-state index contributed by atoms with van der Waals surface area (Å²) in [4.78, 5) is 12.3. The Hall–Kier alpha value is -0.870. The lowest BCUT2D eigenvalue weighted by Crippen LogP contribution is -2.55. The fraction of sp³-hybridized carbons (Fsp3) is 0.812. The van der Waals surface area contributed by atoms with E-state index in [1.165, 1.54) is 0 Å². The second-order valence-corrected chi connectivity index (χ2v) is 7.10. The van der Waals surface area contributed by atoms with Crippen molar-refractivity contribution in [3.8, 4) is 0 Å². The van der Waals surface area contributed by atoms with Gasteiger partial charge in [-0.25, -0.2) is 5.06 Å². The van der Waals surface area contributed by atoms with Crippen LogP contribution in [0.25, 0.3) is 0 Å². The molecule has 1 heterocycles. The molecule has 1 aliphatic heterocycles. The van der Waals surface area contributed by atoms with Gasteiger partial charge in [0.15, 0.2) is 0 Å². The molecule has 2 rings (SSSR count). The molecule has 1 aliphatic carbocycles. The monoisotopic (exact) mass is 281 g/mol. The average Bonchev–Trinajstić information content (AvgIpc) is 2.37. The first-order chi connectivity index (χ1) is 9.30. The Kier molecular flexibility index (Phi) is 4.26. The molecule has 2 unspecified atom stereocenters. The fourth-order valence-corrected chi connectivity index (χ4v) is 4.66. The third-order valence-electron chi connectivity index (χ3n) is 5.38. The molecule has 0 aromatic carbocycles. The maximum absolute atomic E-state index is 12.3. The molecule has 0 spiro atoms. The summed E-state index contributed by atoms with van der Waals surface area (Å²) in [6, 6.07) is 0. The van der Waals surface area contributed by atoms with Gasteiger partial charge in [0, 0.05) is 0 Å². The Labute approximate surface area is 121 Å². The molecule has 114 valence electrons. The number of nitrogens with zero attached hydrogens (tertiary/aromatic N) is 1. The van der Waals surface area contributed by atoms with Crippen LogP contribution >= 0.6 is 0 Å². The van der Waals surface area contributed by atoms with Crippen molar-refractivity contribution in [3.63, 3.8) is 0 Å². The highest BCUT2D eigenvalue weighted by atomic mass is 16.5. The summed E-state index contributed by atoms with van der Waals surface area (Å²) in [5.41, 5.74) is -0.170.